The van der Waals surface area contributed by atoms with Crippen molar-refractivity contribution in [2.75, 3.05) is 46.4 Å². The van der Waals surface area contributed by atoms with Crippen LogP contribution in [0.4, 0.5) is 0 Å². The standard InChI is InChI=1S/C27H54N4O4/c1-10-13-22(32)28-16-11-19-31(9)20-12-17-29-24(34)26(5,6)15-21-35-27(7,8)14-18-30-23(33)25(2,3)4/h10-21H2,1-9H3,(H,28,32)(H,29,34)(H,30,33). The van der Waals surface area contributed by atoms with Crippen LogP contribution in [0.5, 0.6) is 0 Å². The molecule has 0 aromatic rings. The van der Waals surface area contributed by atoms with Gasteiger partial charge in [-0.25, -0.2) is 0 Å². The minimum absolute atomic E-state index is 0.0354. The number of carbonyl (C=O) groups is 3. The molecule has 0 aromatic carbocycles. The second-order valence-electron chi connectivity index (χ2n) is 11.9. The second kappa shape index (κ2) is 16.1. The Bertz CT molecular complexity index is 642. The van der Waals surface area contributed by atoms with Gasteiger partial charge in [0.2, 0.25) is 17.7 Å². The van der Waals surface area contributed by atoms with Gasteiger partial charge in [-0.2, -0.15) is 0 Å². The van der Waals surface area contributed by atoms with Crippen molar-refractivity contribution < 1.29 is 19.1 Å². The highest BCUT2D eigenvalue weighted by molar-refractivity contribution is 5.82. The number of nitrogens with zero attached hydrogens (tertiary/aromatic N) is 1. The predicted molar refractivity (Wildman–Crippen MR) is 143 cm³/mol. The highest BCUT2D eigenvalue weighted by Gasteiger charge is 2.29. The van der Waals surface area contributed by atoms with Gasteiger partial charge in [-0.15, -0.1) is 0 Å². The van der Waals surface area contributed by atoms with Crippen molar-refractivity contribution in [3.63, 3.8) is 0 Å². The van der Waals surface area contributed by atoms with E-state index in [1.807, 2.05) is 55.4 Å². The van der Waals surface area contributed by atoms with E-state index in [-0.39, 0.29) is 23.3 Å². The van der Waals surface area contributed by atoms with E-state index >= 15 is 0 Å². The normalized spacial score (nSPS) is 12.5. The maximum atomic E-state index is 12.7. The third-order valence-electron chi connectivity index (χ3n) is 6.05. The lowest BCUT2D eigenvalue weighted by atomic mass is 9.88. The lowest BCUT2D eigenvalue weighted by Gasteiger charge is -2.29. The molecule has 0 saturated carbocycles. The maximum Gasteiger partial charge on any atom is 0.225 e. The molecule has 0 bridgehead atoms. The minimum Gasteiger partial charge on any atom is -0.375 e. The van der Waals surface area contributed by atoms with E-state index in [0.717, 1.165) is 32.4 Å². The van der Waals surface area contributed by atoms with Crippen LogP contribution in [0.25, 0.3) is 0 Å². The van der Waals surface area contributed by atoms with Crippen LogP contribution in [0, 0.1) is 10.8 Å². The van der Waals surface area contributed by atoms with Gasteiger partial charge in [-0.3, -0.25) is 14.4 Å². The number of ether oxygens (including phenoxy) is 1. The monoisotopic (exact) mass is 498 g/mol. The molecule has 0 spiro atoms. The first-order valence-electron chi connectivity index (χ1n) is 13.3. The topological polar surface area (TPSA) is 99.8 Å². The van der Waals surface area contributed by atoms with E-state index in [0.29, 0.717) is 45.5 Å². The van der Waals surface area contributed by atoms with Crippen LogP contribution in [-0.4, -0.2) is 74.6 Å². The summed E-state index contributed by atoms with van der Waals surface area (Å²) in [5, 5.41) is 8.95. The molecule has 3 N–H and O–H groups in total. The fourth-order valence-electron chi connectivity index (χ4n) is 3.30. The van der Waals surface area contributed by atoms with Crippen LogP contribution in [0.2, 0.25) is 0 Å². The third-order valence-corrected chi connectivity index (χ3v) is 6.05. The van der Waals surface area contributed by atoms with Gasteiger partial charge >= 0.3 is 0 Å². The summed E-state index contributed by atoms with van der Waals surface area (Å²) in [4.78, 5) is 38.4. The van der Waals surface area contributed by atoms with Crippen LogP contribution in [0.15, 0.2) is 0 Å². The van der Waals surface area contributed by atoms with Crippen LogP contribution >= 0.6 is 0 Å². The van der Waals surface area contributed by atoms with E-state index in [2.05, 4.69) is 27.9 Å². The van der Waals surface area contributed by atoms with Crippen molar-refractivity contribution >= 4 is 17.7 Å². The molecule has 35 heavy (non-hydrogen) atoms. The van der Waals surface area contributed by atoms with Gasteiger partial charge in [-0.05, 0) is 66.1 Å². The van der Waals surface area contributed by atoms with Crippen molar-refractivity contribution in [2.24, 2.45) is 10.8 Å². The summed E-state index contributed by atoms with van der Waals surface area (Å²) < 4.78 is 6.05. The summed E-state index contributed by atoms with van der Waals surface area (Å²) in [5.41, 5.74) is -1.29. The highest BCUT2D eigenvalue weighted by atomic mass is 16.5. The summed E-state index contributed by atoms with van der Waals surface area (Å²) >= 11 is 0. The Labute approximate surface area is 214 Å². The molecule has 206 valence electrons. The van der Waals surface area contributed by atoms with Crippen molar-refractivity contribution in [1.82, 2.24) is 20.9 Å². The summed E-state index contributed by atoms with van der Waals surface area (Å²) in [6.45, 7) is 19.8. The molecule has 0 aliphatic carbocycles. The van der Waals surface area contributed by atoms with E-state index in [1.165, 1.54) is 0 Å². The van der Waals surface area contributed by atoms with Crippen LogP contribution < -0.4 is 16.0 Å². The quantitative estimate of drug-likeness (QED) is 0.251. The number of nitrogens with one attached hydrogen (secondary N) is 3. The fourth-order valence-corrected chi connectivity index (χ4v) is 3.30. The zero-order chi connectivity index (χ0) is 27.1. The summed E-state index contributed by atoms with van der Waals surface area (Å²) in [7, 11) is 2.06. The number of carbonyl (C=O) groups excluding carboxylic acids is 3. The summed E-state index contributed by atoms with van der Waals surface area (Å²) in [6.07, 6.45) is 4.60. The highest BCUT2D eigenvalue weighted by Crippen LogP contribution is 2.23. The predicted octanol–water partition coefficient (Wildman–Crippen LogP) is 3.49. The molecule has 3 amide bonds. The zero-order valence-electron chi connectivity index (χ0n) is 24.1. The first kappa shape index (κ1) is 33.3. The van der Waals surface area contributed by atoms with Gasteiger partial charge < -0.3 is 25.6 Å². The third kappa shape index (κ3) is 16.6. The van der Waals surface area contributed by atoms with Gasteiger partial charge in [0.25, 0.3) is 0 Å². The molecule has 0 fully saturated rings. The van der Waals surface area contributed by atoms with Gasteiger partial charge in [0.1, 0.15) is 0 Å². The zero-order valence-corrected chi connectivity index (χ0v) is 24.1. The first-order chi connectivity index (χ1) is 16.1. The molecule has 0 heterocycles. The number of hydrogen-bond donors (Lipinski definition) is 3. The molecule has 0 saturated heterocycles. The maximum absolute atomic E-state index is 12.7. The number of amides is 3. The Balaban J connectivity index is 4.08. The van der Waals surface area contributed by atoms with Crippen molar-refractivity contribution in [3.05, 3.63) is 0 Å². The van der Waals surface area contributed by atoms with Crippen LogP contribution in [-0.2, 0) is 19.1 Å². The molecule has 0 unspecified atom stereocenters. The lowest BCUT2D eigenvalue weighted by molar-refractivity contribution is -0.132. The second-order valence-corrected chi connectivity index (χ2v) is 11.9. The smallest absolute Gasteiger partial charge is 0.225 e. The molecule has 0 aliphatic heterocycles. The molecule has 0 aromatic heterocycles. The molecular formula is C27H54N4O4. The van der Waals surface area contributed by atoms with Crippen LogP contribution in [0.1, 0.15) is 93.9 Å². The summed E-state index contributed by atoms with van der Waals surface area (Å²) in [6, 6.07) is 0. The lowest BCUT2D eigenvalue weighted by Crippen LogP contribution is -2.40. The largest absolute Gasteiger partial charge is 0.375 e. The molecule has 0 atom stereocenters. The number of hydrogen-bond acceptors (Lipinski definition) is 5. The van der Waals surface area contributed by atoms with E-state index in [1.54, 1.807) is 0 Å². The fraction of sp³-hybridized carbons (Fsp3) is 0.889. The molecule has 0 aliphatic rings. The van der Waals surface area contributed by atoms with Gasteiger partial charge in [0, 0.05) is 43.5 Å². The van der Waals surface area contributed by atoms with Gasteiger partial charge in [0.05, 0.1) is 5.60 Å². The van der Waals surface area contributed by atoms with Crippen molar-refractivity contribution in [3.8, 4) is 0 Å². The Hall–Kier alpha value is -1.67. The van der Waals surface area contributed by atoms with Crippen molar-refractivity contribution in [1.29, 1.82) is 0 Å². The average molecular weight is 499 g/mol. The Morgan fingerprint density at radius 1 is 0.771 bits per heavy atom. The van der Waals surface area contributed by atoms with E-state index < -0.39 is 10.8 Å². The molecule has 0 radical (unpaired) electrons. The van der Waals surface area contributed by atoms with E-state index in [9.17, 15) is 14.4 Å². The Morgan fingerprint density at radius 3 is 1.86 bits per heavy atom. The molecule has 8 nitrogen and oxygen atoms in total. The Morgan fingerprint density at radius 2 is 1.31 bits per heavy atom. The summed E-state index contributed by atoms with van der Waals surface area (Å²) in [5.74, 6) is 0.199. The first-order valence-corrected chi connectivity index (χ1v) is 13.3. The SMILES string of the molecule is CCCC(=O)NCCCN(C)CCCNC(=O)C(C)(C)CCOC(C)(C)CCNC(=O)C(C)(C)C. The van der Waals surface area contributed by atoms with Gasteiger partial charge in [0.15, 0.2) is 0 Å². The molecule has 8 heteroatoms. The van der Waals surface area contributed by atoms with Gasteiger partial charge in [-0.1, -0.05) is 41.5 Å². The van der Waals surface area contributed by atoms with Crippen LogP contribution in [0.3, 0.4) is 0 Å². The number of rotatable bonds is 18. The molecular weight excluding hydrogens is 444 g/mol. The van der Waals surface area contributed by atoms with Crippen molar-refractivity contribution in [2.45, 2.75) is 99.5 Å². The average Bonchev–Trinajstić information content (AvgIpc) is 2.73. The molecule has 0 rings (SSSR count). The minimum atomic E-state index is -0.515. The Kier molecular flexibility index (Phi) is 15.4. The van der Waals surface area contributed by atoms with E-state index in [4.69, 9.17) is 4.74 Å².